The molecule has 0 bridgehead atoms. The molecular formula is C12H22N2O3. The van der Waals surface area contributed by atoms with Gasteiger partial charge in [-0.2, -0.15) is 0 Å². The van der Waals surface area contributed by atoms with Gasteiger partial charge in [-0.1, -0.05) is 13.8 Å². The van der Waals surface area contributed by atoms with Crippen LogP contribution in [0, 0.1) is 5.41 Å². The molecule has 1 unspecified atom stereocenters. The summed E-state index contributed by atoms with van der Waals surface area (Å²) in [6.45, 7) is 4.64. The molecule has 1 fully saturated rings. The van der Waals surface area contributed by atoms with Gasteiger partial charge in [0.25, 0.3) is 0 Å². The van der Waals surface area contributed by atoms with Gasteiger partial charge in [0.1, 0.15) is 0 Å². The summed E-state index contributed by atoms with van der Waals surface area (Å²) in [5.74, 6) is -0.922. The van der Waals surface area contributed by atoms with E-state index in [9.17, 15) is 14.7 Å². The summed E-state index contributed by atoms with van der Waals surface area (Å²) in [4.78, 5) is 24.9. The zero-order valence-electron chi connectivity index (χ0n) is 10.6. The predicted molar refractivity (Wildman–Crippen MR) is 64.4 cm³/mol. The van der Waals surface area contributed by atoms with E-state index in [0.29, 0.717) is 32.4 Å². The van der Waals surface area contributed by atoms with Gasteiger partial charge >= 0.3 is 5.97 Å². The second kappa shape index (κ2) is 5.49. The summed E-state index contributed by atoms with van der Waals surface area (Å²) in [5, 5.41) is 9.31. The standard InChI is InChI=1S/C12H22N2O3/c1-3-9(13)10(15)14-7-5-6-12(4-2,8-14)11(16)17/h9H,3-8,13H2,1-2H3,(H,16,17)/t9-,12?/m0/s1. The Balaban J connectivity index is 2.78. The molecule has 0 spiro atoms. The van der Waals surface area contributed by atoms with Crippen LogP contribution in [0.1, 0.15) is 39.5 Å². The Morgan fingerprint density at radius 2 is 2.12 bits per heavy atom. The maximum absolute atomic E-state index is 12.0. The van der Waals surface area contributed by atoms with E-state index in [-0.39, 0.29) is 5.91 Å². The Bertz CT molecular complexity index is 306. The molecular weight excluding hydrogens is 220 g/mol. The first kappa shape index (κ1) is 14.0. The number of carbonyl (C=O) groups is 2. The van der Waals surface area contributed by atoms with E-state index in [2.05, 4.69) is 0 Å². The molecule has 1 heterocycles. The molecule has 5 heteroatoms. The number of carboxylic acids is 1. The highest BCUT2D eigenvalue weighted by Gasteiger charge is 2.42. The molecule has 0 radical (unpaired) electrons. The predicted octanol–water partition coefficient (Wildman–Crippen LogP) is 0.827. The van der Waals surface area contributed by atoms with Crippen molar-refractivity contribution >= 4 is 11.9 Å². The molecule has 98 valence electrons. The van der Waals surface area contributed by atoms with Crippen LogP contribution in [0.25, 0.3) is 0 Å². The van der Waals surface area contributed by atoms with Crippen LogP contribution in [-0.4, -0.2) is 41.0 Å². The molecule has 1 saturated heterocycles. The van der Waals surface area contributed by atoms with Crippen molar-refractivity contribution in [3.63, 3.8) is 0 Å². The lowest BCUT2D eigenvalue weighted by atomic mass is 9.77. The molecule has 1 rings (SSSR count). The van der Waals surface area contributed by atoms with Crippen molar-refractivity contribution in [2.24, 2.45) is 11.1 Å². The molecule has 0 saturated carbocycles. The number of hydrogen-bond donors (Lipinski definition) is 2. The highest BCUT2D eigenvalue weighted by Crippen LogP contribution is 2.33. The normalized spacial score (nSPS) is 26.6. The van der Waals surface area contributed by atoms with Crippen LogP contribution >= 0.6 is 0 Å². The average Bonchev–Trinajstić information content (AvgIpc) is 2.36. The Kier molecular flexibility index (Phi) is 4.51. The minimum atomic E-state index is -0.803. The number of piperidine rings is 1. The molecule has 1 amide bonds. The fourth-order valence-electron chi connectivity index (χ4n) is 2.34. The highest BCUT2D eigenvalue weighted by atomic mass is 16.4. The fourth-order valence-corrected chi connectivity index (χ4v) is 2.34. The van der Waals surface area contributed by atoms with Crippen molar-refractivity contribution in [2.45, 2.75) is 45.6 Å². The molecule has 3 N–H and O–H groups in total. The van der Waals surface area contributed by atoms with E-state index in [1.165, 1.54) is 0 Å². The summed E-state index contributed by atoms with van der Waals surface area (Å²) in [5.41, 5.74) is 4.94. The summed E-state index contributed by atoms with van der Waals surface area (Å²) in [7, 11) is 0. The van der Waals surface area contributed by atoms with Crippen LogP contribution in [-0.2, 0) is 9.59 Å². The van der Waals surface area contributed by atoms with Gasteiger partial charge in [-0.15, -0.1) is 0 Å². The van der Waals surface area contributed by atoms with E-state index in [0.717, 1.165) is 6.42 Å². The SMILES string of the molecule is CC[C@H](N)C(=O)N1CCCC(CC)(C(=O)O)C1. The maximum Gasteiger partial charge on any atom is 0.311 e. The highest BCUT2D eigenvalue weighted by molar-refractivity contribution is 5.83. The van der Waals surface area contributed by atoms with E-state index in [1.54, 1.807) is 4.90 Å². The summed E-state index contributed by atoms with van der Waals surface area (Å²) in [6, 6.07) is -0.503. The fraction of sp³-hybridized carbons (Fsp3) is 0.833. The molecule has 0 aromatic heterocycles. The van der Waals surface area contributed by atoms with Gasteiger partial charge < -0.3 is 15.7 Å². The second-order valence-electron chi connectivity index (χ2n) is 4.82. The van der Waals surface area contributed by atoms with Crippen LogP contribution < -0.4 is 5.73 Å². The first-order valence-corrected chi connectivity index (χ1v) is 6.24. The number of carboxylic acid groups (broad SMARTS) is 1. The number of aliphatic carboxylic acids is 1. The number of rotatable bonds is 4. The maximum atomic E-state index is 12.0. The Hall–Kier alpha value is -1.10. The average molecular weight is 242 g/mol. The quantitative estimate of drug-likeness (QED) is 0.764. The number of amides is 1. The van der Waals surface area contributed by atoms with E-state index in [1.807, 2.05) is 13.8 Å². The first-order chi connectivity index (χ1) is 7.96. The lowest BCUT2D eigenvalue weighted by Gasteiger charge is -2.40. The van der Waals surface area contributed by atoms with Crippen molar-refractivity contribution in [2.75, 3.05) is 13.1 Å². The van der Waals surface area contributed by atoms with E-state index >= 15 is 0 Å². The van der Waals surface area contributed by atoms with Crippen LogP contribution in [0.15, 0.2) is 0 Å². The zero-order chi connectivity index (χ0) is 13.1. The van der Waals surface area contributed by atoms with E-state index < -0.39 is 17.4 Å². The van der Waals surface area contributed by atoms with Crippen molar-refractivity contribution in [3.05, 3.63) is 0 Å². The van der Waals surface area contributed by atoms with Gasteiger partial charge in [-0.25, -0.2) is 0 Å². The topological polar surface area (TPSA) is 83.6 Å². The molecule has 5 nitrogen and oxygen atoms in total. The third kappa shape index (κ3) is 2.77. The van der Waals surface area contributed by atoms with E-state index in [4.69, 9.17) is 5.73 Å². The molecule has 17 heavy (non-hydrogen) atoms. The Labute approximate surface area is 102 Å². The smallest absolute Gasteiger partial charge is 0.311 e. The number of hydrogen-bond acceptors (Lipinski definition) is 3. The minimum absolute atomic E-state index is 0.119. The van der Waals surface area contributed by atoms with Crippen molar-refractivity contribution < 1.29 is 14.7 Å². The third-order valence-electron chi connectivity index (χ3n) is 3.78. The summed E-state index contributed by atoms with van der Waals surface area (Å²) >= 11 is 0. The van der Waals surface area contributed by atoms with Crippen molar-refractivity contribution in [3.8, 4) is 0 Å². The van der Waals surface area contributed by atoms with Gasteiger partial charge in [-0.3, -0.25) is 9.59 Å². The van der Waals surface area contributed by atoms with Crippen molar-refractivity contribution in [1.82, 2.24) is 4.90 Å². The lowest BCUT2D eigenvalue weighted by Crippen LogP contribution is -2.53. The molecule has 0 aromatic carbocycles. The lowest BCUT2D eigenvalue weighted by molar-refractivity contribution is -0.155. The Morgan fingerprint density at radius 3 is 2.59 bits per heavy atom. The Morgan fingerprint density at radius 1 is 1.47 bits per heavy atom. The molecule has 1 aliphatic rings. The molecule has 2 atom stereocenters. The van der Waals surface area contributed by atoms with Gasteiger partial charge in [0.2, 0.25) is 5.91 Å². The monoisotopic (exact) mass is 242 g/mol. The number of nitrogens with zero attached hydrogens (tertiary/aromatic N) is 1. The largest absolute Gasteiger partial charge is 0.481 e. The summed E-state index contributed by atoms with van der Waals surface area (Å²) in [6.07, 6.45) is 2.52. The number of likely N-dealkylation sites (tertiary alicyclic amines) is 1. The van der Waals surface area contributed by atoms with Gasteiger partial charge in [0.15, 0.2) is 0 Å². The van der Waals surface area contributed by atoms with Crippen LogP contribution in [0.2, 0.25) is 0 Å². The molecule has 0 aliphatic carbocycles. The molecule has 1 aliphatic heterocycles. The van der Waals surface area contributed by atoms with Crippen LogP contribution in [0.3, 0.4) is 0 Å². The minimum Gasteiger partial charge on any atom is -0.481 e. The number of carbonyl (C=O) groups excluding carboxylic acids is 1. The van der Waals surface area contributed by atoms with Gasteiger partial charge in [0, 0.05) is 13.1 Å². The zero-order valence-corrected chi connectivity index (χ0v) is 10.6. The second-order valence-corrected chi connectivity index (χ2v) is 4.82. The van der Waals surface area contributed by atoms with Crippen molar-refractivity contribution in [1.29, 1.82) is 0 Å². The van der Waals surface area contributed by atoms with Gasteiger partial charge in [0.05, 0.1) is 11.5 Å². The first-order valence-electron chi connectivity index (χ1n) is 6.24. The number of nitrogens with two attached hydrogens (primary N) is 1. The summed E-state index contributed by atoms with van der Waals surface area (Å²) < 4.78 is 0. The van der Waals surface area contributed by atoms with Gasteiger partial charge in [-0.05, 0) is 25.7 Å². The third-order valence-corrected chi connectivity index (χ3v) is 3.78. The van der Waals surface area contributed by atoms with Crippen LogP contribution in [0.5, 0.6) is 0 Å². The molecule has 0 aromatic rings. The van der Waals surface area contributed by atoms with Crippen LogP contribution in [0.4, 0.5) is 0 Å².